The van der Waals surface area contributed by atoms with Gasteiger partial charge in [-0.1, -0.05) is 34.1 Å². The van der Waals surface area contributed by atoms with Crippen LogP contribution in [0.25, 0.3) is 0 Å². The summed E-state index contributed by atoms with van der Waals surface area (Å²) in [6.07, 6.45) is 4.46. The Morgan fingerprint density at radius 2 is 2.00 bits per heavy atom. The van der Waals surface area contributed by atoms with E-state index in [1.807, 2.05) is 20.8 Å². The molecule has 1 saturated carbocycles. The number of nitrogens with one attached hydrogen (secondary N) is 1. The molecule has 0 radical (unpaired) electrons. The summed E-state index contributed by atoms with van der Waals surface area (Å²) < 4.78 is 0. The molecule has 0 aromatic heterocycles. The maximum absolute atomic E-state index is 11.9. The van der Waals surface area contributed by atoms with E-state index in [4.69, 9.17) is 0 Å². The lowest BCUT2D eigenvalue weighted by molar-refractivity contribution is -0.131. The van der Waals surface area contributed by atoms with Crippen molar-refractivity contribution in [2.45, 2.75) is 65.8 Å². The molecule has 17 heavy (non-hydrogen) atoms. The molecule has 0 spiro atoms. The van der Waals surface area contributed by atoms with Crippen molar-refractivity contribution in [3.63, 3.8) is 0 Å². The highest BCUT2D eigenvalue weighted by Crippen LogP contribution is 2.25. The molecular formula is C14H25NO2. The molecular weight excluding hydrogens is 214 g/mol. The zero-order chi connectivity index (χ0) is 13.1. The Balaban J connectivity index is 2.45. The Labute approximate surface area is 104 Å². The predicted octanol–water partition coefficient (Wildman–Crippen LogP) is 2.69. The molecule has 0 saturated heterocycles. The van der Waals surface area contributed by atoms with Crippen LogP contribution in [0.3, 0.4) is 0 Å². The van der Waals surface area contributed by atoms with E-state index >= 15 is 0 Å². The van der Waals surface area contributed by atoms with Gasteiger partial charge in [0.25, 0.3) is 0 Å². The maximum Gasteiger partial charge on any atom is 0.225 e. The molecule has 1 aliphatic rings. The van der Waals surface area contributed by atoms with Gasteiger partial charge in [0, 0.05) is 23.8 Å². The quantitative estimate of drug-likeness (QED) is 0.823. The van der Waals surface area contributed by atoms with Crippen molar-refractivity contribution in [3.8, 4) is 0 Å². The van der Waals surface area contributed by atoms with Crippen molar-refractivity contribution in [2.24, 2.45) is 11.3 Å². The van der Waals surface area contributed by atoms with Crippen LogP contribution in [0, 0.1) is 11.3 Å². The van der Waals surface area contributed by atoms with Crippen LogP contribution in [0.5, 0.6) is 0 Å². The van der Waals surface area contributed by atoms with Gasteiger partial charge in [-0.2, -0.15) is 0 Å². The molecule has 0 bridgehead atoms. The van der Waals surface area contributed by atoms with Crippen molar-refractivity contribution >= 4 is 11.7 Å². The number of ketones is 1. The van der Waals surface area contributed by atoms with Crippen LogP contribution >= 0.6 is 0 Å². The lowest BCUT2D eigenvalue weighted by Crippen LogP contribution is -2.45. The molecule has 1 aliphatic carbocycles. The van der Waals surface area contributed by atoms with E-state index in [9.17, 15) is 9.59 Å². The molecule has 0 aromatic carbocycles. The smallest absolute Gasteiger partial charge is 0.225 e. The van der Waals surface area contributed by atoms with Crippen LogP contribution in [0.1, 0.15) is 59.8 Å². The lowest BCUT2D eigenvalue weighted by atomic mass is 9.82. The zero-order valence-electron chi connectivity index (χ0n) is 11.5. The highest BCUT2D eigenvalue weighted by molar-refractivity contribution is 5.85. The van der Waals surface area contributed by atoms with Gasteiger partial charge < -0.3 is 5.32 Å². The molecule has 1 fully saturated rings. The first-order valence-corrected chi connectivity index (χ1v) is 6.68. The standard InChI is InChI=1S/C14H25NO2/c1-5-6-10-7-8-11(9-12(10)16)15-13(17)14(2,3)4/h10-11H,5-9H2,1-4H3,(H,15,17)/t10-,11-/m1/s1. The van der Waals surface area contributed by atoms with Gasteiger partial charge in [0.15, 0.2) is 0 Å². The van der Waals surface area contributed by atoms with Crippen LogP contribution in [0.2, 0.25) is 0 Å². The predicted molar refractivity (Wildman–Crippen MR) is 68.6 cm³/mol. The SMILES string of the molecule is CCC[C@@H]1CC[C@@H](NC(=O)C(C)(C)C)CC1=O. The number of carbonyl (C=O) groups excluding carboxylic acids is 2. The third-order valence-electron chi connectivity index (χ3n) is 3.42. The van der Waals surface area contributed by atoms with Gasteiger partial charge in [-0.15, -0.1) is 0 Å². The normalized spacial score (nSPS) is 25.8. The van der Waals surface area contributed by atoms with Crippen molar-refractivity contribution < 1.29 is 9.59 Å². The second kappa shape index (κ2) is 5.65. The van der Waals surface area contributed by atoms with E-state index in [0.717, 1.165) is 25.7 Å². The molecule has 0 unspecified atom stereocenters. The van der Waals surface area contributed by atoms with E-state index in [1.54, 1.807) is 0 Å². The van der Waals surface area contributed by atoms with Crippen LogP contribution in [0.15, 0.2) is 0 Å². The average molecular weight is 239 g/mol. The molecule has 1 amide bonds. The minimum Gasteiger partial charge on any atom is -0.352 e. The number of amides is 1. The molecule has 0 aromatic rings. The first-order valence-electron chi connectivity index (χ1n) is 6.68. The van der Waals surface area contributed by atoms with Crippen molar-refractivity contribution in [1.29, 1.82) is 0 Å². The van der Waals surface area contributed by atoms with E-state index in [0.29, 0.717) is 12.2 Å². The van der Waals surface area contributed by atoms with Gasteiger partial charge in [0.2, 0.25) is 5.91 Å². The maximum atomic E-state index is 11.9. The average Bonchev–Trinajstić information content (AvgIpc) is 2.21. The van der Waals surface area contributed by atoms with E-state index in [-0.39, 0.29) is 23.3 Å². The summed E-state index contributed by atoms with van der Waals surface area (Å²) in [7, 11) is 0. The fraction of sp³-hybridized carbons (Fsp3) is 0.857. The Morgan fingerprint density at radius 3 is 2.47 bits per heavy atom. The third kappa shape index (κ3) is 4.14. The molecule has 2 atom stereocenters. The van der Waals surface area contributed by atoms with Gasteiger partial charge in [0.1, 0.15) is 5.78 Å². The van der Waals surface area contributed by atoms with Gasteiger partial charge in [-0.05, 0) is 19.3 Å². The first kappa shape index (κ1) is 14.2. The minimum atomic E-state index is -0.372. The Bertz CT molecular complexity index is 291. The fourth-order valence-electron chi connectivity index (χ4n) is 2.25. The summed E-state index contributed by atoms with van der Waals surface area (Å²) >= 11 is 0. The second-order valence-corrected chi connectivity index (χ2v) is 6.15. The topological polar surface area (TPSA) is 46.2 Å². The third-order valence-corrected chi connectivity index (χ3v) is 3.42. The molecule has 1 N–H and O–H groups in total. The Kier molecular flexibility index (Phi) is 4.72. The summed E-state index contributed by atoms with van der Waals surface area (Å²) in [6, 6.07) is 0.0577. The molecule has 3 heteroatoms. The summed E-state index contributed by atoms with van der Waals surface area (Å²) in [5.74, 6) is 0.615. The number of carbonyl (C=O) groups is 2. The van der Waals surface area contributed by atoms with Crippen molar-refractivity contribution in [3.05, 3.63) is 0 Å². The zero-order valence-corrected chi connectivity index (χ0v) is 11.5. The van der Waals surface area contributed by atoms with Crippen LogP contribution in [-0.4, -0.2) is 17.7 Å². The number of Topliss-reactive ketones (excluding diaryl/α,β-unsaturated/α-hetero) is 1. The van der Waals surface area contributed by atoms with Gasteiger partial charge in [0.05, 0.1) is 0 Å². The summed E-state index contributed by atoms with van der Waals surface area (Å²) in [6.45, 7) is 7.80. The monoisotopic (exact) mass is 239 g/mol. The van der Waals surface area contributed by atoms with E-state index < -0.39 is 0 Å². The van der Waals surface area contributed by atoms with Crippen LogP contribution < -0.4 is 5.32 Å². The van der Waals surface area contributed by atoms with Crippen molar-refractivity contribution in [2.75, 3.05) is 0 Å². The van der Waals surface area contributed by atoms with Crippen molar-refractivity contribution in [1.82, 2.24) is 5.32 Å². The lowest BCUT2D eigenvalue weighted by Gasteiger charge is -2.30. The summed E-state index contributed by atoms with van der Waals surface area (Å²) in [5.41, 5.74) is -0.372. The number of hydrogen-bond donors (Lipinski definition) is 1. The second-order valence-electron chi connectivity index (χ2n) is 6.15. The molecule has 3 nitrogen and oxygen atoms in total. The largest absolute Gasteiger partial charge is 0.352 e. The van der Waals surface area contributed by atoms with Gasteiger partial charge in [-0.3, -0.25) is 9.59 Å². The first-order chi connectivity index (χ1) is 7.84. The fourth-order valence-corrected chi connectivity index (χ4v) is 2.25. The highest BCUT2D eigenvalue weighted by atomic mass is 16.2. The molecule has 1 rings (SSSR count). The van der Waals surface area contributed by atoms with Gasteiger partial charge >= 0.3 is 0 Å². The molecule has 0 aliphatic heterocycles. The molecule has 0 heterocycles. The minimum absolute atomic E-state index is 0.0456. The summed E-state index contributed by atoms with van der Waals surface area (Å²) in [5, 5.41) is 2.99. The number of rotatable bonds is 3. The molecule has 98 valence electrons. The Hall–Kier alpha value is -0.860. The summed E-state index contributed by atoms with van der Waals surface area (Å²) in [4.78, 5) is 23.7. The highest BCUT2D eigenvalue weighted by Gasteiger charge is 2.31. The van der Waals surface area contributed by atoms with E-state index in [1.165, 1.54) is 0 Å². The van der Waals surface area contributed by atoms with Crippen LogP contribution in [0.4, 0.5) is 0 Å². The van der Waals surface area contributed by atoms with Crippen LogP contribution in [-0.2, 0) is 9.59 Å². The Morgan fingerprint density at radius 1 is 1.35 bits per heavy atom. The van der Waals surface area contributed by atoms with E-state index in [2.05, 4.69) is 12.2 Å². The van der Waals surface area contributed by atoms with Gasteiger partial charge in [-0.25, -0.2) is 0 Å². The number of hydrogen-bond acceptors (Lipinski definition) is 2.